The van der Waals surface area contributed by atoms with Crippen molar-refractivity contribution >= 4 is 11.7 Å². The molecule has 0 spiro atoms. The molecule has 1 aromatic rings. The number of carboxylic acid groups (broad SMARTS) is 1. The van der Waals surface area contributed by atoms with Crippen LogP contribution in [0.25, 0.3) is 0 Å². The first-order chi connectivity index (χ1) is 9.84. The molecule has 1 rings (SSSR count). The Morgan fingerprint density at radius 3 is 2.24 bits per heavy atom. The maximum atomic E-state index is 12.5. The molecule has 0 aliphatic carbocycles. The Balaban J connectivity index is 2.78. The highest BCUT2D eigenvalue weighted by Gasteiger charge is 2.30. The zero-order valence-electron chi connectivity index (χ0n) is 12.0. The normalized spacial score (nSPS) is 11.4. The van der Waals surface area contributed by atoms with Crippen LogP contribution in [0.5, 0.6) is 0 Å². The molecular weight excluding hydrogens is 283 g/mol. The van der Waals surface area contributed by atoms with Gasteiger partial charge >= 0.3 is 12.1 Å². The number of carboxylic acids is 1. The molecule has 6 heteroatoms. The van der Waals surface area contributed by atoms with Crippen molar-refractivity contribution in [2.75, 3.05) is 18.0 Å². The monoisotopic (exact) mass is 303 g/mol. The van der Waals surface area contributed by atoms with Crippen LogP contribution in [0.3, 0.4) is 0 Å². The Hall–Kier alpha value is -1.72. The van der Waals surface area contributed by atoms with Crippen molar-refractivity contribution in [1.29, 1.82) is 0 Å². The lowest BCUT2D eigenvalue weighted by Gasteiger charge is -2.24. The third-order valence-electron chi connectivity index (χ3n) is 3.19. The molecule has 0 amide bonds. The Kier molecular flexibility index (Phi) is 6.52. The molecule has 0 saturated carbocycles. The van der Waals surface area contributed by atoms with Crippen molar-refractivity contribution in [3.63, 3.8) is 0 Å². The predicted octanol–water partition coefficient (Wildman–Crippen LogP) is 4.18. The quantitative estimate of drug-likeness (QED) is 0.733. The van der Waals surface area contributed by atoms with Crippen LogP contribution in [0.4, 0.5) is 18.9 Å². The van der Waals surface area contributed by atoms with Gasteiger partial charge in [0.15, 0.2) is 0 Å². The van der Waals surface area contributed by atoms with Gasteiger partial charge in [-0.15, -0.1) is 0 Å². The number of unbranched alkanes of at least 4 members (excludes halogenated alkanes) is 2. The van der Waals surface area contributed by atoms with E-state index in [1.54, 1.807) is 0 Å². The van der Waals surface area contributed by atoms with Gasteiger partial charge in [0.2, 0.25) is 0 Å². The van der Waals surface area contributed by atoms with Crippen molar-refractivity contribution in [2.24, 2.45) is 0 Å². The van der Waals surface area contributed by atoms with Crippen LogP contribution in [0, 0.1) is 0 Å². The van der Waals surface area contributed by atoms with E-state index in [0.717, 1.165) is 31.4 Å². The van der Waals surface area contributed by atoms with Gasteiger partial charge in [-0.1, -0.05) is 19.8 Å². The highest BCUT2D eigenvalue weighted by molar-refractivity contribution is 5.67. The molecule has 0 fully saturated rings. The second-order valence-electron chi connectivity index (χ2n) is 4.88. The lowest BCUT2D eigenvalue weighted by molar-refractivity contribution is -0.138. The standard InChI is InChI=1S/C15H20F3NO2/c1-2-3-4-10-19(11-9-14(20)21)13-7-5-12(6-8-13)15(16,17)18/h5-8H,2-4,9-11H2,1H3,(H,20,21). The number of alkyl halides is 3. The van der Waals surface area contributed by atoms with E-state index in [0.29, 0.717) is 18.8 Å². The second kappa shape index (κ2) is 7.90. The van der Waals surface area contributed by atoms with E-state index < -0.39 is 17.7 Å². The maximum Gasteiger partial charge on any atom is 0.416 e. The molecule has 3 nitrogen and oxygen atoms in total. The van der Waals surface area contributed by atoms with Gasteiger partial charge < -0.3 is 10.0 Å². The van der Waals surface area contributed by atoms with Crippen LogP contribution in [0.1, 0.15) is 38.2 Å². The first-order valence-corrected chi connectivity index (χ1v) is 6.98. The van der Waals surface area contributed by atoms with Gasteiger partial charge in [-0.2, -0.15) is 13.2 Å². The van der Waals surface area contributed by atoms with Gasteiger partial charge in [-0.25, -0.2) is 0 Å². The predicted molar refractivity (Wildman–Crippen MR) is 75.4 cm³/mol. The zero-order valence-corrected chi connectivity index (χ0v) is 12.0. The fourth-order valence-electron chi connectivity index (χ4n) is 2.01. The molecular formula is C15H20F3NO2. The minimum atomic E-state index is -4.35. The van der Waals surface area contributed by atoms with Crippen molar-refractivity contribution in [2.45, 2.75) is 38.8 Å². The molecule has 0 atom stereocenters. The van der Waals surface area contributed by atoms with Gasteiger partial charge in [0.05, 0.1) is 12.0 Å². The summed E-state index contributed by atoms with van der Waals surface area (Å²) in [5.41, 5.74) is -0.0710. The van der Waals surface area contributed by atoms with E-state index in [-0.39, 0.29) is 6.42 Å². The second-order valence-corrected chi connectivity index (χ2v) is 4.88. The van der Waals surface area contributed by atoms with Crippen molar-refractivity contribution in [3.05, 3.63) is 29.8 Å². The minimum Gasteiger partial charge on any atom is -0.481 e. The maximum absolute atomic E-state index is 12.5. The molecule has 0 aromatic heterocycles. The highest BCUT2D eigenvalue weighted by Crippen LogP contribution is 2.30. The number of hydrogen-bond donors (Lipinski definition) is 1. The third-order valence-corrected chi connectivity index (χ3v) is 3.19. The molecule has 0 aliphatic rings. The van der Waals surface area contributed by atoms with Gasteiger partial charge in [-0.3, -0.25) is 4.79 Å². The average molecular weight is 303 g/mol. The first-order valence-electron chi connectivity index (χ1n) is 6.98. The van der Waals surface area contributed by atoms with E-state index in [4.69, 9.17) is 5.11 Å². The molecule has 0 saturated heterocycles. The highest BCUT2D eigenvalue weighted by atomic mass is 19.4. The van der Waals surface area contributed by atoms with E-state index in [2.05, 4.69) is 6.92 Å². The van der Waals surface area contributed by atoms with Gasteiger partial charge in [0.25, 0.3) is 0 Å². The van der Waals surface area contributed by atoms with E-state index in [1.165, 1.54) is 12.1 Å². The van der Waals surface area contributed by atoms with Crippen LogP contribution in [-0.4, -0.2) is 24.2 Å². The Morgan fingerprint density at radius 1 is 1.14 bits per heavy atom. The SMILES string of the molecule is CCCCCN(CCC(=O)O)c1ccc(C(F)(F)F)cc1. The molecule has 0 radical (unpaired) electrons. The summed E-state index contributed by atoms with van der Waals surface area (Å²) in [4.78, 5) is 12.5. The number of anilines is 1. The van der Waals surface area contributed by atoms with Crippen LogP contribution in [-0.2, 0) is 11.0 Å². The molecule has 1 aromatic carbocycles. The molecule has 0 unspecified atom stereocenters. The number of aliphatic carboxylic acids is 1. The summed E-state index contributed by atoms with van der Waals surface area (Å²) in [5.74, 6) is -0.914. The Morgan fingerprint density at radius 2 is 1.76 bits per heavy atom. The first kappa shape index (κ1) is 17.3. The number of halogens is 3. The molecule has 0 aliphatic heterocycles. The van der Waals surface area contributed by atoms with Gasteiger partial charge in [0.1, 0.15) is 0 Å². The summed E-state index contributed by atoms with van der Waals surface area (Å²) >= 11 is 0. The van der Waals surface area contributed by atoms with Crippen LogP contribution >= 0.6 is 0 Å². The Labute approximate surface area is 122 Å². The zero-order chi connectivity index (χ0) is 15.9. The van der Waals surface area contributed by atoms with Crippen molar-refractivity contribution < 1.29 is 23.1 Å². The number of nitrogens with zero attached hydrogens (tertiary/aromatic N) is 1. The molecule has 0 heterocycles. The topological polar surface area (TPSA) is 40.5 Å². The largest absolute Gasteiger partial charge is 0.481 e. The fraction of sp³-hybridized carbons (Fsp3) is 0.533. The van der Waals surface area contributed by atoms with E-state index in [1.807, 2.05) is 4.90 Å². The molecule has 1 N–H and O–H groups in total. The minimum absolute atomic E-state index is 0.0346. The number of hydrogen-bond acceptors (Lipinski definition) is 2. The summed E-state index contributed by atoms with van der Waals surface area (Å²) < 4.78 is 37.6. The van der Waals surface area contributed by atoms with Crippen LogP contribution in [0.15, 0.2) is 24.3 Å². The summed E-state index contributed by atoms with van der Waals surface area (Å²) in [5, 5.41) is 8.76. The molecule has 21 heavy (non-hydrogen) atoms. The number of benzene rings is 1. The summed E-state index contributed by atoms with van der Waals surface area (Å²) in [6.45, 7) is 3.00. The summed E-state index contributed by atoms with van der Waals surface area (Å²) in [6.07, 6.45) is -1.47. The Bertz CT molecular complexity index is 443. The number of rotatable bonds is 8. The summed E-state index contributed by atoms with van der Waals surface area (Å²) in [6, 6.07) is 4.86. The van der Waals surface area contributed by atoms with Crippen molar-refractivity contribution in [3.8, 4) is 0 Å². The molecule has 118 valence electrons. The van der Waals surface area contributed by atoms with Gasteiger partial charge in [0, 0.05) is 18.8 Å². The van der Waals surface area contributed by atoms with E-state index in [9.17, 15) is 18.0 Å². The fourth-order valence-corrected chi connectivity index (χ4v) is 2.01. The third kappa shape index (κ3) is 6.06. The van der Waals surface area contributed by atoms with Crippen LogP contribution < -0.4 is 4.90 Å². The summed E-state index contributed by atoms with van der Waals surface area (Å²) in [7, 11) is 0. The number of carbonyl (C=O) groups is 1. The van der Waals surface area contributed by atoms with Crippen LogP contribution in [0.2, 0.25) is 0 Å². The van der Waals surface area contributed by atoms with Gasteiger partial charge in [-0.05, 0) is 30.7 Å². The lowest BCUT2D eigenvalue weighted by Crippen LogP contribution is -2.27. The average Bonchev–Trinajstić information content (AvgIpc) is 2.41. The smallest absolute Gasteiger partial charge is 0.416 e. The van der Waals surface area contributed by atoms with E-state index >= 15 is 0 Å². The van der Waals surface area contributed by atoms with Crippen molar-refractivity contribution in [1.82, 2.24) is 0 Å². The lowest BCUT2D eigenvalue weighted by atomic mass is 10.1. The molecule has 0 bridgehead atoms.